The van der Waals surface area contributed by atoms with E-state index in [1.165, 1.54) is 11.8 Å². The van der Waals surface area contributed by atoms with Gasteiger partial charge in [-0.25, -0.2) is 4.98 Å². The standard InChI is InChI=1S/C20H25N5OS/c1-13(2)18-21-16-7-5-4-6-15(16)19-22-23-20(25(18)19)27-12-17(26)24-10-8-14(3)9-11-24/h4-7,13-14H,8-12H2,1-3H3. The van der Waals surface area contributed by atoms with Gasteiger partial charge in [-0.3, -0.25) is 9.20 Å². The second-order valence-electron chi connectivity index (χ2n) is 7.64. The Balaban J connectivity index is 1.62. The lowest BCUT2D eigenvalue weighted by Gasteiger charge is -2.30. The average Bonchev–Trinajstić information content (AvgIpc) is 3.10. The van der Waals surface area contributed by atoms with Gasteiger partial charge in [0.2, 0.25) is 5.91 Å². The van der Waals surface area contributed by atoms with E-state index >= 15 is 0 Å². The second kappa shape index (κ2) is 7.46. The van der Waals surface area contributed by atoms with Gasteiger partial charge in [0.15, 0.2) is 10.8 Å². The SMILES string of the molecule is CC1CCN(C(=O)CSc2nnc3c4ccccc4nc(C(C)C)n23)CC1. The normalized spacial score (nSPS) is 15.9. The average molecular weight is 384 g/mol. The molecule has 1 fully saturated rings. The van der Waals surface area contributed by atoms with Crippen LogP contribution in [0.1, 0.15) is 45.4 Å². The Morgan fingerprint density at radius 3 is 2.70 bits per heavy atom. The Hall–Kier alpha value is -2.15. The molecule has 1 aliphatic rings. The number of hydrogen-bond acceptors (Lipinski definition) is 5. The molecule has 3 aromatic rings. The minimum absolute atomic E-state index is 0.184. The molecule has 3 heterocycles. The van der Waals surface area contributed by atoms with Crippen LogP contribution in [0.15, 0.2) is 29.4 Å². The van der Waals surface area contributed by atoms with Crippen molar-refractivity contribution in [2.45, 2.75) is 44.7 Å². The molecular formula is C20H25N5OS. The summed E-state index contributed by atoms with van der Waals surface area (Å²) in [5, 5.41) is 10.5. The van der Waals surface area contributed by atoms with Crippen LogP contribution in [0, 0.1) is 5.92 Å². The lowest BCUT2D eigenvalue weighted by atomic mass is 9.99. The molecule has 1 saturated heterocycles. The first-order valence-electron chi connectivity index (χ1n) is 9.59. The van der Waals surface area contributed by atoms with Gasteiger partial charge in [0.25, 0.3) is 0 Å². The van der Waals surface area contributed by atoms with Gasteiger partial charge < -0.3 is 4.90 Å². The fourth-order valence-electron chi connectivity index (χ4n) is 3.54. The van der Waals surface area contributed by atoms with Gasteiger partial charge in [-0.05, 0) is 30.9 Å². The monoisotopic (exact) mass is 383 g/mol. The molecule has 0 N–H and O–H groups in total. The molecule has 2 aromatic heterocycles. The van der Waals surface area contributed by atoms with Crippen molar-refractivity contribution in [3.8, 4) is 0 Å². The number of benzene rings is 1. The number of thioether (sulfide) groups is 1. The molecular weight excluding hydrogens is 358 g/mol. The van der Waals surface area contributed by atoms with Crippen LogP contribution in [-0.4, -0.2) is 49.2 Å². The van der Waals surface area contributed by atoms with Crippen LogP contribution in [0.25, 0.3) is 16.6 Å². The van der Waals surface area contributed by atoms with Crippen LogP contribution in [-0.2, 0) is 4.79 Å². The summed E-state index contributed by atoms with van der Waals surface area (Å²) in [6, 6.07) is 8.00. The summed E-state index contributed by atoms with van der Waals surface area (Å²) in [6.07, 6.45) is 2.19. The van der Waals surface area contributed by atoms with Crippen molar-refractivity contribution in [1.29, 1.82) is 0 Å². The summed E-state index contributed by atoms with van der Waals surface area (Å²) in [6.45, 7) is 8.22. The van der Waals surface area contributed by atoms with Crippen LogP contribution in [0.4, 0.5) is 0 Å². The number of hydrogen-bond donors (Lipinski definition) is 0. The maximum Gasteiger partial charge on any atom is 0.233 e. The summed E-state index contributed by atoms with van der Waals surface area (Å²) < 4.78 is 2.02. The van der Waals surface area contributed by atoms with Crippen LogP contribution in [0.5, 0.6) is 0 Å². The molecule has 0 saturated carbocycles. The molecule has 1 amide bonds. The molecule has 142 valence electrons. The number of likely N-dealkylation sites (tertiary alicyclic amines) is 1. The zero-order chi connectivity index (χ0) is 19.0. The van der Waals surface area contributed by atoms with Gasteiger partial charge in [0.1, 0.15) is 5.82 Å². The first kappa shape index (κ1) is 18.2. The van der Waals surface area contributed by atoms with Crippen LogP contribution in [0.3, 0.4) is 0 Å². The van der Waals surface area contributed by atoms with Crippen LogP contribution >= 0.6 is 11.8 Å². The number of piperidine rings is 1. The van der Waals surface area contributed by atoms with E-state index in [1.807, 2.05) is 33.6 Å². The Kier molecular flexibility index (Phi) is 5.04. The van der Waals surface area contributed by atoms with Gasteiger partial charge in [0.05, 0.1) is 11.3 Å². The van der Waals surface area contributed by atoms with Crippen molar-refractivity contribution in [2.75, 3.05) is 18.8 Å². The Labute approximate surface area is 163 Å². The first-order chi connectivity index (χ1) is 13.0. The van der Waals surface area contributed by atoms with Gasteiger partial charge in [-0.2, -0.15) is 0 Å². The first-order valence-corrected chi connectivity index (χ1v) is 10.6. The number of amides is 1. The zero-order valence-electron chi connectivity index (χ0n) is 16.1. The van der Waals surface area contributed by atoms with E-state index in [9.17, 15) is 4.79 Å². The third-order valence-electron chi connectivity index (χ3n) is 5.22. The second-order valence-corrected chi connectivity index (χ2v) is 8.58. The minimum atomic E-state index is 0.184. The van der Waals surface area contributed by atoms with E-state index in [4.69, 9.17) is 4.98 Å². The number of carbonyl (C=O) groups excluding carboxylic acids is 1. The number of nitrogens with zero attached hydrogens (tertiary/aromatic N) is 5. The third kappa shape index (κ3) is 3.52. The van der Waals surface area contributed by atoms with E-state index in [1.54, 1.807) is 0 Å². The highest BCUT2D eigenvalue weighted by molar-refractivity contribution is 7.99. The molecule has 6 nitrogen and oxygen atoms in total. The predicted octanol–water partition coefficient (Wildman–Crippen LogP) is 3.75. The largest absolute Gasteiger partial charge is 0.342 e. The van der Waals surface area contributed by atoms with Crippen molar-refractivity contribution in [2.24, 2.45) is 5.92 Å². The number of carbonyl (C=O) groups is 1. The highest BCUT2D eigenvalue weighted by Crippen LogP contribution is 2.27. The summed E-state index contributed by atoms with van der Waals surface area (Å²) in [5.41, 5.74) is 1.74. The molecule has 0 radical (unpaired) electrons. The lowest BCUT2D eigenvalue weighted by Crippen LogP contribution is -2.38. The van der Waals surface area contributed by atoms with Crippen molar-refractivity contribution in [3.05, 3.63) is 30.1 Å². The Morgan fingerprint density at radius 2 is 1.96 bits per heavy atom. The van der Waals surface area contributed by atoms with Crippen LogP contribution in [0.2, 0.25) is 0 Å². The highest BCUT2D eigenvalue weighted by Gasteiger charge is 2.22. The molecule has 7 heteroatoms. The van der Waals surface area contributed by atoms with Crippen LogP contribution < -0.4 is 0 Å². The summed E-state index contributed by atoms with van der Waals surface area (Å²) in [7, 11) is 0. The van der Waals surface area contributed by atoms with Gasteiger partial charge in [-0.1, -0.05) is 44.7 Å². The van der Waals surface area contributed by atoms with Crippen molar-refractivity contribution >= 4 is 34.2 Å². The molecule has 0 atom stereocenters. The lowest BCUT2D eigenvalue weighted by molar-refractivity contribution is -0.129. The van der Waals surface area contributed by atoms with Crippen molar-refractivity contribution in [3.63, 3.8) is 0 Å². The molecule has 1 aromatic carbocycles. The summed E-state index contributed by atoms with van der Waals surface area (Å²) in [5.74, 6) is 2.44. The molecule has 0 unspecified atom stereocenters. The zero-order valence-corrected chi connectivity index (χ0v) is 16.9. The smallest absolute Gasteiger partial charge is 0.233 e. The molecule has 4 rings (SSSR count). The molecule has 27 heavy (non-hydrogen) atoms. The summed E-state index contributed by atoms with van der Waals surface area (Å²) in [4.78, 5) is 19.4. The molecule has 0 spiro atoms. The Morgan fingerprint density at radius 1 is 1.22 bits per heavy atom. The minimum Gasteiger partial charge on any atom is -0.342 e. The number of fused-ring (bicyclic) bond motifs is 3. The number of aromatic nitrogens is 4. The fraction of sp³-hybridized carbons (Fsp3) is 0.500. The molecule has 1 aliphatic heterocycles. The van der Waals surface area contributed by atoms with Gasteiger partial charge in [0, 0.05) is 24.4 Å². The maximum atomic E-state index is 12.6. The molecule has 0 aliphatic carbocycles. The Bertz CT molecular complexity index is 975. The van der Waals surface area contributed by atoms with E-state index in [2.05, 4.69) is 31.0 Å². The van der Waals surface area contributed by atoms with E-state index in [0.29, 0.717) is 5.75 Å². The highest BCUT2D eigenvalue weighted by atomic mass is 32.2. The maximum absolute atomic E-state index is 12.6. The topological polar surface area (TPSA) is 63.4 Å². The van der Waals surface area contributed by atoms with Crippen molar-refractivity contribution < 1.29 is 4.79 Å². The van der Waals surface area contributed by atoms with E-state index < -0.39 is 0 Å². The number of rotatable bonds is 4. The number of para-hydroxylation sites is 1. The van der Waals surface area contributed by atoms with Gasteiger partial charge >= 0.3 is 0 Å². The van der Waals surface area contributed by atoms with E-state index in [-0.39, 0.29) is 11.8 Å². The summed E-state index contributed by atoms with van der Waals surface area (Å²) >= 11 is 1.46. The quantitative estimate of drug-likeness (QED) is 0.642. The fourth-order valence-corrected chi connectivity index (χ4v) is 4.38. The predicted molar refractivity (Wildman–Crippen MR) is 108 cm³/mol. The van der Waals surface area contributed by atoms with Crippen molar-refractivity contribution in [1.82, 2.24) is 24.5 Å². The van der Waals surface area contributed by atoms with E-state index in [0.717, 1.165) is 59.4 Å². The molecule has 0 bridgehead atoms. The third-order valence-corrected chi connectivity index (χ3v) is 6.13. The van der Waals surface area contributed by atoms with Gasteiger partial charge in [-0.15, -0.1) is 10.2 Å².